The molecule has 0 spiro atoms. The maximum absolute atomic E-state index is 5.14. The van der Waals surface area contributed by atoms with Crippen molar-refractivity contribution in [3.8, 4) is 0 Å². The van der Waals surface area contributed by atoms with Crippen LogP contribution < -0.4 is 5.32 Å². The highest BCUT2D eigenvalue weighted by molar-refractivity contribution is 5.20. The third-order valence-corrected chi connectivity index (χ3v) is 3.85. The van der Waals surface area contributed by atoms with Crippen LogP contribution in [0.15, 0.2) is 4.52 Å². The van der Waals surface area contributed by atoms with Gasteiger partial charge in [-0.15, -0.1) is 0 Å². The largest absolute Gasteiger partial charge is 0.361 e. The Hall–Kier alpha value is -0.830. The van der Waals surface area contributed by atoms with Crippen molar-refractivity contribution in [1.29, 1.82) is 0 Å². The molecule has 1 aliphatic carbocycles. The molecule has 1 atom stereocenters. The molecule has 1 heterocycles. The van der Waals surface area contributed by atoms with Gasteiger partial charge in [0.2, 0.25) is 0 Å². The maximum atomic E-state index is 5.14. The van der Waals surface area contributed by atoms with Crippen molar-refractivity contribution in [2.45, 2.75) is 53.1 Å². The molecule has 1 unspecified atom stereocenters. The third-order valence-electron chi connectivity index (χ3n) is 3.85. The van der Waals surface area contributed by atoms with Crippen molar-refractivity contribution in [3.63, 3.8) is 0 Å². The van der Waals surface area contributed by atoms with E-state index in [2.05, 4.69) is 24.3 Å². The lowest BCUT2D eigenvalue weighted by Gasteiger charge is -2.20. The summed E-state index contributed by atoms with van der Waals surface area (Å²) in [6, 6.07) is 0.575. The van der Waals surface area contributed by atoms with Gasteiger partial charge in [0.1, 0.15) is 5.76 Å². The second kappa shape index (κ2) is 3.63. The highest BCUT2D eigenvalue weighted by Gasteiger charge is 2.42. The molecule has 0 aromatic carbocycles. The van der Waals surface area contributed by atoms with Crippen molar-refractivity contribution in [1.82, 2.24) is 10.5 Å². The van der Waals surface area contributed by atoms with Crippen LogP contribution in [0.3, 0.4) is 0 Å². The first-order chi connectivity index (χ1) is 7.03. The molecular weight excluding hydrogens is 188 g/mol. The van der Waals surface area contributed by atoms with Gasteiger partial charge in [0, 0.05) is 18.2 Å². The predicted octanol–water partition coefficient (Wildman–Crippen LogP) is 2.57. The van der Waals surface area contributed by atoms with E-state index >= 15 is 0 Å². The minimum absolute atomic E-state index is 0.527. The summed E-state index contributed by atoms with van der Waals surface area (Å²) in [7, 11) is 0. The Morgan fingerprint density at radius 3 is 2.60 bits per heavy atom. The van der Waals surface area contributed by atoms with Gasteiger partial charge in [0.25, 0.3) is 0 Å². The van der Waals surface area contributed by atoms with Crippen LogP contribution in [-0.2, 0) is 6.54 Å². The van der Waals surface area contributed by atoms with Crippen LogP contribution in [0, 0.1) is 19.3 Å². The molecule has 3 heteroatoms. The molecule has 1 aromatic rings. The molecule has 0 aliphatic heterocycles. The topological polar surface area (TPSA) is 38.1 Å². The van der Waals surface area contributed by atoms with Gasteiger partial charge in [-0.3, -0.25) is 0 Å². The Bertz CT molecular complexity index is 333. The lowest BCUT2D eigenvalue weighted by atomic mass is 10.0. The van der Waals surface area contributed by atoms with E-state index in [9.17, 15) is 0 Å². The lowest BCUT2D eigenvalue weighted by Crippen LogP contribution is -2.33. The van der Waals surface area contributed by atoms with Crippen LogP contribution in [-0.4, -0.2) is 11.2 Å². The van der Waals surface area contributed by atoms with E-state index in [1.807, 2.05) is 13.8 Å². The highest BCUT2D eigenvalue weighted by Crippen LogP contribution is 2.47. The molecule has 0 saturated heterocycles. The Morgan fingerprint density at radius 1 is 1.47 bits per heavy atom. The average Bonchev–Trinajstić information content (AvgIpc) is 2.87. The smallest absolute Gasteiger partial charge is 0.138 e. The Balaban J connectivity index is 1.93. The molecule has 2 rings (SSSR count). The van der Waals surface area contributed by atoms with Crippen molar-refractivity contribution >= 4 is 0 Å². The van der Waals surface area contributed by atoms with Gasteiger partial charge >= 0.3 is 0 Å². The number of nitrogens with zero attached hydrogens (tertiary/aromatic N) is 1. The quantitative estimate of drug-likeness (QED) is 0.826. The molecule has 1 aromatic heterocycles. The first kappa shape index (κ1) is 10.7. The van der Waals surface area contributed by atoms with E-state index in [4.69, 9.17) is 4.52 Å². The number of aryl methyl sites for hydroxylation is 2. The second-order valence-electron chi connectivity index (χ2n) is 5.06. The number of rotatable bonds is 4. The van der Waals surface area contributed by atoms with Crippen LogP contribution >= 0.6 is 0 Å². The molecule has 0 radical (unpaired) electrons. The van der Waals surface area contributed by atoms with E-state index in [0.717, 1.165) is 18.0 Å². The predicted molar refractivity (Wildman–Crippen MR) is 59.6 cm³/mol. The van der Waals surface area contributed by atoms with Crippen molar-refractivity contribution < 1.29 is 4.52 Å². The molecule has 1 fully saturated rings. The molecule has 1 N–H and O–H groups in total. The summed E-state index contributed by atoms with van der Waals surface area (Å²) in [5, 5.41) is 7.53. The van der Waals surface area contributed by atoms with E-state index < -0.39 is 0 Å². The fourth-order valence-corrected chi connectivity index (χ4v) is 1.89. The fourth-order valence-electron chi connectivity index (χ4n) is 1.89. The van der Waals surface area contributed by atoms with Gasteiger partial charge in [-0.1, -0.05) is 12.1 Å². The summed E-state index contributed by atoms with van der Waals surface area (Å²) < 4.78 is 5.14. The van der Waals surface area contributed by atoms with E-state index in [-0.39, 0.29) is 0 Å². The fraction of sp³-hybridized carbons (Fsp3) is 0.750. The van der Waals surface area contributed by atoms with Crippen LogP contribution in [0.2, 0.25) is 0 Å². The zero-order valence-electron chi connectivity index (χ0n) is 10.1. The SMILES string of the molecule is Cc1noc(C)c1CNC(C)C1(C)CC1. The first-order valence-corrected chi connectivity index (χ1v) is 5.68. The van der Waals surface area contributed by atoms with Gasteiger partial charge in [0.15, 0.2) is 0 Å². The minimum atomic E-state index is 0.527. The van der Waals surface area contributed by atoms with Crippen molar-refractivity contribution in [3.05, 3.63) is 17.0 Å². The standard InChI is InChI=1S/C12H20N2O/c1-8-11(9(2)15-14-8)7-13-10(3)12(4)5-6-12/h10,13H,5-7H2,1-4H3. The number of nitrogens with one attached hydrogen (secondary N) is 1. The lowest BCUT2D eigenvalue weighted by molar-refractivity contribution is 0.374. The first-order valence-electron chi connectivity index (χ1n) is 5.68. The van der Waals surface area contributed by atoms with Gasteiger partial charge in [-0.25, -0.2) is 0 Å². The van der Waals surface area contributed by atoms with Gasteiger partial charge in [-0.2, -0.15) is 0 Å². The normalized spacial score (nSPS) is 20.3. The summed E-state index contributed by atoms with van der Waals surface area (Å²) in [4.78, 5) is 0. The van der Waals surface area contributed by atoms with E-state index in [1.54, 1.807) is 0 Å². The number of aromatic nitrogens is 1. The van der Waals surface area contributed by atoms with Crippen molar-refractivity contribution in [2.75, 3.05) is 0 Å². The number of hydrogen-bond acceptors (Lipinski definition) is 3. The molecule has 0 amide bonds. The molecular formula is C12H20N2O. The van der Waals surface area contributed by atoms with E-state index in [1.165, 1.54) is 18.4 Å². The monoisotopic (exact) mass is 208 g/mol. The summed E-state index contributed by atoms with van der Waals surface area (Å²) in [6.45, 7) is 9.46. The van der Waals surface area contributed by atoms with E-state index in [0.29, 0.717) is 11.5 Å². The van der Waals surface area contributed by atoms with Crippen LogP contribution in [0.25, 0.3) is 0 Å². The molecule has 3 nitrogen and oxygen atoms in total. The molecule has 0 bridgehead atoms. The Labute approximate surface area is 91.2 Å². The molecule has 1 saturated carbocycles. The molecule has 84 valence electrons. The summed E-state index contributed by atoms with van der Waals surface area (Å²) in [5.41, 5.74) is 2.75. The summed E-state index contributed by atoms with van der Waals surface area (Å²) >= 11 is 0. The van der Waals surface area contributed by atoms with Crippen LogP contribution in [0.1, 0.15) is 43.7 Å². The zero-order valence-corrected chi connectivity index (χ0v) is 10.1. The van der Waals surface area contributed by atoms with Gasteiger partial charge < -0.3 is 9.84 Å². The second-order valence-corrected chi connectivity index (χ2v) is 5.06. The third kappa shape index (κ3) is 2.07. The minimum Gasteiger partial charge on any atom is -0.361 e. The maximum Gasteiger partial charge on any atom is 0.138 e. The van der Waals surface area contributed by atoms with Crippen LogP contribution in [0.4, 0.5) is 0 Å². The van der Waals surface area contributed by atoms with Gasteiger partial charge in [0.05, 0.1) is 5.69 Å². The molecule has 15 heavy (non-hydrogen) atoms. The Morgan fingerprint density at radius 2 is 2.13 bits per heavy atom. The summed E-state index contributed by atoms with van der Waals surface area (Å²) in [6.07, 6.45) is 2.70. The average molecular weight is 208 g/mol. The zero-order chi connectivity index (χ0) is 11.1. The van der Waals surface area contributed by atoms with Gasteiger partial charge in [-0.05, 0) is 39.0 Å². The highest BCUT2D eigenvalue weighted by atomic mass is 16.5. The van der Waals surface area contributed by atoms with Crippen molar-refractivity contribution in [2.24, 2.45) is 5.41 Å². The molecule has 1 aliphatic rings. The Kier molecular flexibility index (Phi) is 2.59. The van der Waals surface area contributed by atoms with Crippen LogP contribution in [0.5, 0.6) is 0 Å². The number of hydrogen-bond donors (Lipinski definition) is 1. The summed E-state index contributed by atoms with van der Waals surface area (Å²) in [5.74, 6) is 0.938.